The van der Waals surface area contributed by atoms with Gasteiger partial charge in [-0.1, -0.05) is 0 Å². The minimum absolute atomic E-state index is 0.968. The molecule has 0 saturated carbocycles. The Kier molecular flexibility index (Phi) is 5.33. The lowest BCUT2D eigenvalue weighted by molar-refractivity contribution is 1.35. The van der Waals surface area contributed by atoms with E-state index in [2.05, 4.69) is 24.9 Å². The Balaban J connectivity index is 0.000000136. The fourth-order valence-corrected chi connectivity index (χ4v) is 5.45. The van der Waals surface area contributed by atoms with Gasteiger partial charge in [0.15, 0.2) is 20.0 Å². The van der Waals surface area contributed by atoms with Crippen LogP contribution in [-0.4, -0.2) is 24.9 Å². The van der Waals surface area contributed by atoms with Gasteiger partial charge in [-0.2, -0.15) is 0 Å². The number of nitrogens with zero attached hydrogens (tertiary/aromatic N) is 5. The third-order valence-corrected chi connectivity index (χ3v) is 7.36. The standard InChI is InChI=1S/C9H5N3S3.C6H4N2S2/c1-3-13-7(10-1)6-5-12-9(15-6)8-11-2-4-14-8;1-3-9-5(7-1)6-8-2-4-10-6/h1-5H;1-4H. The molecule has 0 atom stereocenters. The van der Waals surface area contributed by atoms with E-state index in [1.54, 1.807) is 75.3 Å². The zero-order valence-electron chi connectivity index (χ0n) is 12.5. The maximum atomic E-state index is 4.35. The lowest BCUT2D eigenvalue weighted by atomic mass is 10.6. The second kappa shape index (κ2) is 8.02. The van der Waals surface area contributed by atoms with Crippen LogP contribution in [-0.2, 0) is 0 Å². The van der Waals surface area contributed by atoms with E-state index in [1.165, 1.54) is 0 Å². The van der Waals surface area contributed by atoms with Crippen molar-refractivity contribution in [2.45, 2.75) is 0 Å². The van der Waals surface area contributed by atoms with Gasteiger partial charge in [0.1, 0.15) is 5.01 Å². The van der Waals surface area contributed by atoms with Gasteiger partial charge >= 0.3 is 0 Å². The molecule has 25 heavy (non-hydrogen) atoms. The van der Waals surface area contributed by atoms with Gasteiger partial charge in [-0.05, 0) is 0 Å². The maximum Gasteiger partial charge on any atom is 0.152 e. The summed E-state index contributed by atoms with van der Waals surface area (Å²) < 4.78 is 0. The number of rotatable bonds is 3. The van der Waals surface area contributed by atoms with Crippen LogP contribution in [0.15, 0.2) is 52.5 Å². The molecule has 5 aromatic heterocycles. The van der Waals surface area contributed by atoms with Crippen LogP contribution < -0.4 is 0 Å². The van der Waals surface area contributed by atoms with Gasteiger partial charge in [0, 0.05) is 52.5 Å². The van der Waals surface area contributed by atoms with Crippen LogP contribution in [0.3, 0.4) is 0 Å². The molecule has 5 nitrogen and oxygen atoms in total. The van der Waals surface area contributed by atoms with Crippen molar-refractivity contribution in [3.63, 3.8) is 0 Å². The molecule has 0 aromatic carbocycles. The quantitative estimate of drug-likeness (QED) is 0.378. The Morgan fingerprint density at radius 3 is 1.36 bits per heavy atom. The van der Waals surface area contributed by atoms with Crippen LogP contribution in [0, 0.1) is 0 Å². The van der Waals surface area contributed by atoms with E-state index in [4.69, 9.17) is 0 Å². The zero-order chi connectivity index (χ0) is 16.9. The highest BCUT2D eigenvalue weighted by Gasteiger charge is 2.09. The van der Waals surface area contributed by atoms with Crippen molar-refractivity contribution in [2.24, 2.45) is 0 Å². The van der Waals surface area contributed by atoms with Gasteiger partial charge in [-0.25, -0.2) is 24.9 Å². The molecule has 0 aliphatic heterocycles. The first-order chi connectivity index (χ1) is 12.4. The predicted molar refractivity (Wildman–Crippen MR) is 108 cm³/mol. The van der Waals surface area contributed by atoms with E-state index in [9.17, 15) is 0 Å². The van der Waals surface area contributed by atoms with E-state index < -0.39 is 0 Å². The molecule has 0 spiro atoms. The largest absolute Gasteiger partial charge is 0.244 e. The lowest BCUT2D eigenvalue weighted by Gasteiger charge is -1.85. The molecule has 0 aliphatic rings. The Bertz CT molecular complexity index is 904. The van der Waals surface area contributed by atoms with E-state index in [0.717, 1.165) is 29.9 Å². The summed E-state index contributed by atoms with van der Waals surface area (Å²) in [4.78, 5) is 22.2. The molecule has 0 radical (unpaired) electrons. The molecule has 0 unspecified atom stereocenters. The molecule has 5 heterocycles. The Hall–Kier alpha value is -1.85. The molecule has 0 fully saturated rings. The predicted octanol–water partition coefficient (Wildman–Crippen LogP) is 5.66. The Labute approximate surface area is 163 Å². The number of hydrogen-bond donors (Lipinski definition) is 0. The molecule has 0 aliphatic carbocycles. The van der Waals surface area contributed by atoms with E-state index >= 15 is 0 Å². The molecule has 5 aromatic rings. The fourth-order valence-electron chi connectivity index (χ4n) is 1.80. The molecule has 10 heteroatoms. The highest BCUT2D eigenvalue weighted by molar-refractivity contribution is 7.25. The van der Waals surface area contributed by atoms with Gasteiger partial charge < -0.3 is 0 Å². The average molecular weight is 420 g/mol. The summed E-state index contributed by atoms with van der Waals surface area (Å²) in [6, 6.07) is 0. The van der Waals surface area contributed by atoms with Crippen LogP contribution >= 0.6 is 56.7 Å². The second-order valence-electron chi connectivity index (χ2n) is 4.38. The summed E-state index contributed by atoms with van der Waals surface area (Å²) >= 11 is 8.10. The summed E-state index contributed by atoms with van der Waals surface area (Å²) in [5, 5.41) is 12.8. The molecule has 0 N–H and O–H groups in total. The van der Waals surface area contributed by atoms with E-state index in [0.29, 0.717) is 0 Å². The number of aromatic nitrogens is 5. The van der Waals surface area contributed by atoms with Crippen molar-refractivity contribution >= 4 is 56.7 Å². The summed E-state index contributed by atoms with van der Waals surface area (Å²) in [7, 11) is 0. The third-order valence-electron chi connectivity index (χ3n) is 2.81. The summed E-state index contributed by atoms with van der Waals surface area (Å²) in [6.07, 6.45) is 9.05. The van der Waals surface area contributed by atoms with Crippen molar-refractivity contribution in [1.29, 1.82) is 0 Å². The highest BCUT2D eigenvalue weighted by atomic mass is 32.1. The van der Waals surface area contributed by atoms with Crippen molar-refractivity contribution in [2.75, 3.05) is 0 Å². The second-order valence-corrected chi connectivity index (χ2v) is 8.99. The van der Waals surface area contributed by atoms with Crippen LogP contribution in [0.4, 0.5) is 0 Å². The van der Waals surface area contributed by atoms with Gasteiger partial charge in [0.05, 0.1) is 4.88 Å². The molecule has 5 rings (SSSR count). The van der Waals surface area contributed by atoms with E-state index in [1.807, 2.05) is 33.9 Å². The first-order valence-electron chi connectivity index (χ1n) is 6.95. The van der Waals surface area contributed by atoms with Gasteiger partial charge in [-0.3, -0.25) is 0 Å². The molecular weight excluding hydrogens is 411 g/mol. The van der Waals surface area contributed by atoms with E-state index in [-0.39, 0.29) is 0 Å². The summed E-state index contributed by atoms with van der Waals surface area (Å²) in [5.41, 5.74) is 0. The molecular formula is C15H9N5S5. The van der Waals surface area contributed by atoms with Gasteiger partial charge in [0.25, 0.3) is 0 Å². The van der Waals surface area contributed by atoms with Crippen LogP contribution in [0.25, 0.3) is 29.9 Å². The highest BCUT2D eigenvalue weighted by Crippen LogP contribution is 2.33. The fraction of sp³-hybridized carbons (Fsp3) is 0. The van der Waals surface area contributed by atoms with Crippen LogP contribution in [0.1, 0.15) is 0 Å². The zero-order valence-corrected chi connectivity index (χ0v) is 16.6. The number of hydrogen-bond acceptors (Lipinski definition) is 10. The SMILES string of the molecule is c1csc(-c2cnc(-c3nccs3)s2)n1.c1csc(-c2nccs2)n1. The van der Waals surface area contributed by atoms with Crippen molar-refractivity contribution in [3.05, 3.63) is 52.5 Å². The number of thiazole rings is 5. The minimum Gasteiger partial charge on any atom is -0.244 e. The topological polar surface area (TPSA) is 64.5 Å². The van der Waals surface area contributed by atoms with Crippen LogP contribution in [0.2, 0.25) is 0 Å². The summed E-state index contributed by atoms with van der Waals surface area (Å²) in [6.45, 7) is 0. The first-order valence-corrected chi connectivity index (χ1v) is 11.3. The van der Waals surface area contributed by atoms with Crippen molar-refractivity contribution in [1.82, 2.24) is 24.9 Å². The molecule has 0 saturated heterocycles. The normalized spacial score (nSPS) is 10.4. The maximum absolute atomic E-state index is 4.35. The third kappa shape index (κ3) is 4.05. The van der Waals surface area contributed by atoms with Crippen LogP contribution in [0.5, 0.6) is 0 Å². The minimum atomic E-state index is 0.968. The van der Waals surface area contributed by atoms with Crippen molar-refractivity contribution in [3.8, 4) is 29.9 Å². The van der Waals surface area contributed by atoms with Gasteiger partial charge in [0.2, 0.25) is 0 Å². The lowest BCUT2D eigenvalue weighted by Crippen LogP contribution is -1.68. The summed E-state index contributed by atoms with van der Waals surface area (Å²) in [5.74, 6) is 0. The molecule has 0 amide bonds. The monoisotopic (exact) mass is 419 g/mol. The molecule has 124 valence electrons. The van der Waals surface area contributed by atoms with Gasteiger partial charge in [-0.15, -0.1) is 56.7 Å². The average Bonchev–Trinajstić information content (AvgIpc) is 3.50. The Morgan fingerprint density at radius 2 is 0.920 bits per heavy atom. The molecule has 0 bridgehead atoms. The van der Waals surface area contributed by atoms with Crippen molar-refractivity contribution < 1.29 is 0 Å². The smallest absolute Gasteiger partial charge is 0.152 e. The Morgan fingerprint density at radius 1 is 0.480 bits per heavy atom. The first kappa shape index (κ1) is 16.6.